The second-order valence-electron chi connectivity index (χ2n) is 7.25. The number of imide groups is 1. The second-order valence-corrected chi connectivity index (χ2v) is 8.10. The molecule has 0 bridgehead atoms. The number of benzene rings is 1. The second kappa shape index (κ2) is 7.39. The highest BCUT2D eigenvalue weighted by atomic mass is 79.9. The van der Waals surface area contributed by atoms with Crippen molar-refractivity contribution in [3.8, 4) is 0 Å². The van der Waals surface area contributed by atoms with Gasteiger partial charge in [0.1, 0.15) is 12.1 Å². The first-order chi connectivity index (χ1) is 12.3. The molecule has 1 aromatic rings. The van der Waals surface area contributed by atoms with Gasteiger partial charge in [0.2, 0.25) is 5.91 Å². The lowest BCUT2D eigenvalue weighted by molar-refractivity contribution is -0.137. The molecule has 2 aliphatic rings. The summed E-state index contributed by atoms with van der Waals surface area (Å²) in [5.41, 5.74) is 0.111. The largest absolute Gasteiger partial charge is 0.348 e. The highest BCUT2D eigenvalue weighted by molar-refractivity contribution is 9.10. The van der Waals surface area contributed by atoms with Crippen LogP contribution in [0.25, 0.3) is 0 Å². The maximum absolute atomic E-state index is 12.9. The minimum atomic E-state index is -0.830. The lowest BCUT2D eigenvalue weighted by Gasteiger charge is -2.36. The van der Waals surface area contributed by atoms with Crippen molar-refractivity contribution in [2.45, 2.75) is 51.1 Å². The Balaban J connectivity index is 1.67. The zero-order valence-electron chi connectivity index (χ0n) is 15.0. The smallest absolute Gasteiger partial charge is 0.325 e. The molecule has 1 saturated heterocycles. The van der Waals surface area contributed by atoms with E-state index in [9.17, 15) is 14.4 Å². The molecule has 26 heavy (non-hydrogen) atoms. The third kappa shape index (κ3) is 3.37. The molecule has 1 saturated carbocycles. The summed E-state index contributed by atoms with van der Waals surface area (Å²) in [5, 5.41) is 5.73. The van der Waals surface area contributed by atoms with Crippen molar-refractivity contribution in [2.24, 2.45) is 5.92 Å². The zero-order chi connectivity index (χ0) is 18.9. The van der Waals surface area contributed by atoms with Crippen LogP contribution in [0.15, 0.2) is 28.7 Å². The monoisotopic (exact) mass is 421 g/mol. The predicted molar refractivity (Wildman–Crippen MR) is 101 cm³/mol. The fourth-order valence-corrected chi connectivity index (χ4v) is 4.60. The Hall–Kier alpha value is -1.89. The summed E-state index contributed by atoms with van der Waals surface area (Å²) in [6.07, 6.45) is 3.53. The molecule has 1 aromatic carbocycles. The maximum atomic E-state index is 12.9. The van der Waals surface area contributed by atoms with E-state index in [1.165, 1.54) is 0 Å². The standard InChI is InChI=1S/C19H24BrN3O3/c1-12-7-5-6-10-19(12)17(25)23(18(26)22-19)11-16(24)21-13(2)14-8-3-4-9-15(14)20/h3-4,8-9,12-13H,5-7,10-11H2,1-2H3,(H,21,24)(H,22,26). The number of amides is 4. The minimum absolute atomic E-state index is 0.0833. The number of halogens is 1. The van der Waals surface area contributed by atoms with Gasteiger partial charge < -0.3 is 10.6 Å². The van der Waals surface area contributed by atoms with Crippen LogP contribution in [0.5, 0.6) is 0 Å². The molecule has 1 spiro atoms. The fourth-order valence-electron chi connectivity index (χ4n) is 3.97. The third-order valence-corrected chi connectivity index (χ3v) is 6.27. The van der Waals surface area contributed by atoms with Crippen molar-refractivity contribution < 1.29 is 14.4 Å². The molecule has 140 valence electrons. The number of hydrogen-bond acceptors (Lipinski definition) is 3. The van der Waals surface area contributed by atoms with Gasteiger partial charge in [0.25, 0.3) is 5.91 Å². The molecule has 0 aromatic heterocycles. The Morgan fingerprint density at radius 3 is 2.81 bits per heavy atom. The van der Waals surface area contributed by atoms with Gasteiger partial charge in [0, 0.05) is 4.47 Å². The van der Waals surface area contributed by atoms with E-state index in [1.807, 2.05) is 38.1 Å². The molecule has 1 heterocycles. The molecule has 1 aliphatic heterocycles. The van der Waals surface area contributed by atoms with E-state index in [-0.39, 0.29) is 30.3 Å². The van der Waals surface area contributed by atoms with E-state index >= 15 is 0 Å². The molecule has 2 N–H and O–H groups in total. The maximum Gasteiger partial charge on any atom is 0.325 e. The number of nitrogens with zero attached hydrogens (tertiary/aromatic N) is 1. The Labute approximate surface area is 161 Å². The number of carbonyl (C=O) groups excluding carboxylic acids is 3. The van der Waals surface area contributed by atoms with E-state index in [1.54, 1.807) is 0 Å². The first-order valence-electron chi connectivity index (χ1n) is 9.03. The lowest BCUT2D eigenvalue weighted by Crippen LogP contribution is -2.54. The van der Waals surface area contributed by atoms with Crippen molar-refractivity contribution in [3.63, 3.8) is 0 Å². The summed E-state index contributed by atoms with van der Waals surface area (Å²) < 4.78 is 0.901. The van der Waals surface area contributed by atoms with Crippen molar-refractivity contribution in [3.05, 3.63) is 34.3 Å². The molecule has 3 atom stereocenters. The Bertz CT molecular complexity index is 738. The summed E-state index contributed by atoms with van der Waals surface area (Å²) in [6.45, 7) is 3.61. The van der Waals surface area contributed by atoms with E-state index in [4.69, 9.17) is 0 Å². The van der Waals surface area contributed by atoms with Crippen LogP contribution in [0.1, 0.15) is 51.1 Å². The number of urea groups is 1. The van der Waals surface area contributed by atoms with Gasteiger partial charge in [-0.3, -0.25) is 14.5 Å². The normalized spacial score (nSPS) is 26.7. The summed E-state index contributed by atoms with van der Waals surface area (Å²) in [4.78, 5) is 38.8. The molecular weight excluding hydrogens is 398 g/mol. The molecule has 1 aliphatic carbocycles. The van der Waals surface area contributed by atoms with E-state index in [0.717, 1.165) is 34.2 Å². The molecular formula is C19H24BrN3O3. The molecule has 7 heteroatoms. The van der Waals surface area contributed by atoms with Gasteiger partial charge in [-0.05, 0) is 37.3 Å². The Kier molecular flexibility index (Phi) is 5.37. The van der Waals surface area contributed by atoms with Crippen LogP contribution in [0.3, 0.4) is 0 Å². The van der Waals surface area contributed by atoms with Gasteiger partial charge in [-0.1, -0.05) is 53.9 Å². The third-order valence-electron chi connectivity index (χ3n) is 5.55. The first kappa shape index (κ1) is 18.9. The van der Waals surface area contributed by atoms with Gasteiger partial charge in [-0.2, -0.15) is 0 Å². The minimum Gasteiger partial charge on any atom is -0.348 e. The highest BCUT2D eigenvalue weighted by Crippen LogP contribution is 2.38. The Morgan fingerprint density at radius 1 is 1.38 bits per heavy atom. The van der Waals surface area contributed by atoms with E-state index in [0.29, 0.717) is 6.42 Å². The topological polar surface area (TPSA) is 78.5 Å². The van der Waals surface area contributed by atoms with Gasteiger partial charge in [0.15, 0.2) is 0 Å². The summed E-state index contributed by atoms with van der Waals surface area (Å²) >= 11 is 3.47. The predicted octanol–water partition coefficient (Wildman–Crippen LogP) is 3.13. The molecule has 4 amide bonds. The quantitative estimate of drug-likeness (QED) is 0.732. The lowest BCUT2D eigenvalue weighted by atomic mass is 9.73. The molecule has 6 nitrogen and oxygen atoms in total. The first-order valence-corrected chi connectivity index (χ1v) is 9.82. The van der Waals surface area contributed by atoms with Gasteiger partial charge in [0.05, 0.1) is 6.04 Å². The van der Waals surface area contributed by atoms with Gasteiger partial charge >= 0.3 is 6.03 Å². The van der Waals surface area contributed by atoms with E-state index < -0.39 is 11.6 Å². The molecule has 3 unspecified atom stereocenters. The van der Waals surface area contributed by atoms with Crippen molar-refractivity contribution in [2.75, 3.05) is 6.54 Å². The summed E-state index contributed by atoms with van der Waals surface area (Å²) in [7, 11) is 0. The van der Waals surface area contributed by atoms with Crippen molar-refractivity contribution in [1.82, 2.24) is 15.5 Å². The van der Waals surface area contributed by atoms with Crippen LogP contribution in [0.2, 0.25) is 0 Å². The van der Waals surface area contributed by atoms with Gasteiger partial charge in [-0.15, -0.1) is 0 Å². The average Bonchev–Trinajstić information content (AvgIpc) is 2.83. The SMILES string of the molecule is CC(NC(=O)CN1C(=O)NC2(CCCCC2C)C1=O)c1ccccc1Br. The fraction of sp³-hybridized carbons (Fsp3) is 0.526. The van der Waals surface area contributed by atoms with Crippen LogP contribution >= 0.6 is 15.9 Å². The molecule has 2 fully saturated rings. The zero-order valence-corrected chi connectivity index (χ0v) is 16.6. The number of hydrogen-bond donors (Lipinski definition) is 2. The molecule has 0 radical (unpaired) electrons. The van der Waals surface area contributed by atoms with Crippen LogP contribution in [0.4, 0.5) is 4.79 Å². The highest BCUT2D eigenvalue weighted by Gasteiger charge is 2.55. The molecule has 3 rings (SSSR count). The van der Waals surface area contributed by atoms with Crippen molar-refractivity contribution >= 4 is 33.8 Å². The average molecular weight is 422 g/mol. The van der Waals surface area contributed by atoms with Crippen LogP contribution in [0, 0.1) is 5.92 Å². The van der Waals surface area contributed by atoms with E-state index in [2.05, 4.69) is 26.6 Å². The summed E-state index contributed by atoms with van der Waals surface area (Å²) in [6, 6.07) is 6.92. The number of carbonyl (C=O) groups is 3. The Morgan fingerprint density at radius 2 is 2.12 bits per heavy atom. The van der Waals surface area contributed by atoms with Crippen LogP contribution in [-0.4, -0.2) is 34.8 Å². The summed E-state index contributed by atoms with van der Waals surface area (Å²) in [5.74, 6) is -0.532. The number of rotatable bonds is 4. The van der Waals surface area contributed by atoms with Crippen LogP contribution < -0.4 is 10.6 Å². The van der Waals surface area contributed by atoms with Crippen molar-refractivity contribution in [1.29, 1.82) is 0 Å². The van der Waals surface area contributed by atoms with Crippen LogP contribution in [-0.2, 0) is 9.59 Å². The van der Waals surface area contributed by atoms with Gasteiger partial charge in [-0.25, -0.2) is 4.79 Å². The number of nitrogens with one attached hydrogen (secondary N) is 2.